The molecule has 3 rings (SSSR count). The molecular formula is C23H17ClF4N2O3. The predicted molar refractivity (Wildman–Crippen MR) is 118 cm³/mol. The first-order valence-corrected chi connectivity index (χ1v) is 9.78. The topological polar surface area (TPSA) is 64.2 Å². The highest BCUT2D eigenvalue weighted by Crippen LogP contribution is 2.30. The molecule has 0 saturated heterocycles. The summed E-state index contributed by atoms with van der Waals surface area (Å²) >= 11 is 5.84. The lowest BCUT2D eigenvalue weighted by molar-refractivity contribution is -0.137. The normalized spacial score (nSPS) is 11.4. The first kappa shape index (κ1) is 24.1. The standard InChI is InChI=1S/C23H17ClF4N2O3/c1-13(15-3-5-17(6-4-15)23(26,27)28)11-29-20(31)10-21(32)30(22(29)33)12-14(2)16-7-18(24)9-19(25)8-16/h3-10,31H,1-2,11-12H2. The Kier molecular flexibility index (Phi) is 6.64. The number of halogens is 5. The highest BCUT2D eigenvalue weighted by atomic mass is 35.5. The average molecular weight is 481 g/mol. The van der Waals surface area contributed by atoms with E-state index in [1.807, 2.05) is 0 Å². The third-order valence-corrected chi connectivity index (χ3v) is 5.06. The molecule has 2 aromatic carbocycles. The van der Waals surface area contributed by atoms with Gasteiger partial charge in [0.05, 0.1) is 24.7 Å². The minimum absolute atomic E-state index is 0.106. The fourth-order valence-electron chi connectivity index (χ4n) is 3.12. The van der Waals surface area contributed by atoms with E-state index in [2.05, 4.69) is 13.2 Å². The molecule has 0 aliphatic carbocycles. The Bertz CT molecular complexity index is 1340. The molecule has 0 spiro atoms. The number of nitrogens with zero attached hydrogens (tertiary/aromatic N) is 2. The molecule has 5 nitrogen and oxygen atoms in total. The lowest BCUT2D eigenvalue weighted by Crippen LogP contribution is -2.39. The zero-order valence-electron chi connectivity index (χ0n) is 17.0. The molecule has 1 heterocycles. The molecule has 0 saturated carbocycles. The Morgan fingerprint density at radius 1 is 0.909 bits per heavy atom. The largest absolute Gasteiger partial charge is 0.494 e. The second-order valence-electron chi connectivity index (χ2n) is 7.24. The summed E-state index contributed by atoms with van der Waals surface area (Å²) in [5, 5.41) is 10.2. The van der Waals surface area contributed by atoms with E-state index in [0.717, 1.165) is 39.5 Å². The lowest BCUT2D eigenvalue weighted by Gasteiger charge is -2.15. The molecule has 0 bridgehead atoms. The van der Waals surface area contributed by atoms with Crippen molar-refractivity contribution in [1.29, 1.82) is 0 Å². The van der Waals surface area contributed by atoms with E-state index in [1.165, 1.54) is 18.2 Å². The summed E-state index contributed by atoms with van der Waals surface area (Å²) in [6, 6.07) is 8.60. The Hall–Kier alpha value is -3.59. The van der Waals surface area contributed by atoms with Crippen molar-refractivity contribution in [3.05, 3.63) is 110 Å². The van der Waals surface area contributed by atoms with Gasteiger partial charge in [-0.3, -0.25) is 13.9 Å². The van der Waals surface area contributed by atoms with Crippen LogP contribution in [-0.2, 0) is 19.3 Å². The highest BCUT2D eigenvalue weighted by Gasteiger charge is 2.30. The van der Waals surface area contributed by atoms with E-state index in [-0.39, 0.29) is 34.8 Å². The number of benzene rings is 2. The zero-order chi connectivity index (χ0) is 24.5. The zero-order valence-corrected chi connectivity index (χ0v) is 17.8. The van der Waals surface area contributed by atoms with Crippen molar-refractivity contribution in [2.45, 2.75) is 19.3 Å². The summed E-state index contributed by atoms with van der Waals surface area (Å²) < 4.78 is 53.5. The van der Waals surface area contributed by atoms with Crippen LogP contribution in [0, 0.1) is 5.82 Å². The van der Waals surface area contributed by atoms with E-state index in [9.17, 15) is 32.3 Å². The van der Waals surface area contributed by atoms with Gasteiger partial charge in [-0.25, -0.2) is 9.18 Å². The van der Waals surface area contributed by atoms with Crippen molar-refractivity contribution >= 4 is 22.7 Å². The van der Waals surface area contributed by atoms with Gasteiger partial charge >= 0.3 is 11.9 Å². The van der Waals surface area contributed by atoms with Crippen LogP contribution < -0.4 is 11.2 Å². The Labute approximate surface area is 190 Å². The molecule has 0 radical (unpaired) electrons. The van der Waals surface area contributed by atoms with Crippen molar-refractivity contribution < 1.29 is 22.7 Å². The second-order valence-corrected chi connectivity index (χ2v) is 7.67. The van der Waals surface area contributed by atoms with E-state index in [0.29, 0.717) is 5.56 Å². The minimum atomic E-state index is -4.50. The van der Waals surface area contributed by atoms with Gasteiger partial charge in [-0.2, -0.15) is 13.2 Å². The van der Waals surface area contributed by atoms with Gasteiger partial charge < -0.3 is 5.11 Å². The van der Waals surface area contributed by atoms with Gasteiger partial charge in [-0.05, 0) is 52.6 Å². The third-order valence-electron chi connectivity index (χ3n) is 4.85. The summed E-state index contributed by atoms with van der Waals surface area (Å²) in [7, 11) is 0. The fraction of sp³-hybridized carbons (Fsp3) is 0.130. The van der Waals surface area contributed by atoms with Crippen LogP contribution in [0.3, 0.4) is 0 Å². The summed E-state index contributed by atoms with van der Waals surface area (Å²) in [5.74, 6) is -1.27. The molecule has 172 valence electrons. The summed E-state index contributed by atoms with van der Waals surface area (Å²) in [6.07, 6.45) is -4.50. The van der Waals surface area contributed by atoms with Gasteiger partial charge in [-0.15, -0.1) is 0 Å². The molecule has 3 aromatic rings. The second kappa shape index (κ2) is 9.11. The SMILES string of the molecule is C=C(Cn1c(O)cc(=O)n(CC(=C)c2cc(F)cc(Cl)c2)c1=O)c1ccc(C(F)(F)F)cc1. The van der Waals surface area contributed by atoms with Crippen LogP contribution in [0.15, 0.2) is 71.3 Å². The van der Waals surface area contributed by atoms with E-state index >= 15 is 0 Å². The fourth-order valence-corrected chi connectivity index (χ4v) is 3.34. The van der Waals surface area contributed by atoms with Crippen LogP contribution in [0.2, 0.25) is 5.02 Å². The molecule has 0 aliphatic heterocycles. The maximum atomic E-state index is 13.6. The quantitative estimate of drug-likeness (QED) is 0.508. The number of allylic oxidation sites excluding steroid dienone is 2. The number of aromatic nitrogens is 2. The van der Waals surface area contributed by atoms with Crippen molar-refractivity contribution in [2.75, 3.05) is 0 Å². The molecule has 1 aromatic heterocycles. The van der Waals surface area contributed by atoms with Crippen molar-refractivity contribution in [3.63, 3.8) is 0 Å². The van der Waals surface area contributed by atoms with Gasteiger partial charge in [0.1, 0.15) is 5.82 Å². The number of aromatic hydroxyl groups is 1. The van der Waals surface area contributed by atoms with E-state index in [4.69, 9.17) is 11.6 Å². The third kappa shape index (κ3) is 5.43. The van der Waals surface area contributed by atoms with Crippen LogP contribution in [0.4, 0.5) is 17.6 Å². The lowest BCUT2D eigenvalue weighted by atomic mass is 10.1. The average Bonchev–Trinajstić information content (AvgIpc) is 2.72. The molecule has 33 heavy (non-hydrogen) atoms. The Morgan fingerprint density at radius 3 is 2.06 bits per heavy atom. The number of rotatable bonds is 6. The molecule has 0 aliphatic rings. The van der Waals surface area contributed by atoms with Gasteiger partial charge in [0.25, 0.3) is 5.56 Å². The molecule has 0 atom stereocenters. The van der Waals surface area contributed by atoms with Crippen LogP contribution >= 0.6 is 11.6 Å². The molecule has 10 heteroatoms. The number of alkyl halides is 3. The molecule has 0 amide bonds. The molecule has 0 fully saturated rings. The van der Waals surface area contributed by atoms with Crippen LogP contribution in [-0.4, -0.2) is 14.2 Å². The minimum Gasteiger partial charge on any atom is -0.494 e. The smallest absolute Gasteiger partial charge is 0.416 e. The maximum absolute atomic E-state index is 13.6. The summed E-state index contributed by atoms with van der Waals surface area (Å²) in [5.41, 5.74) is -1.54. The highest BCUT2D eigenvalue weighted by molar-refractivity contribution is 6.30. The van der Waals surface area contributed by atoms with Crippen molar-refractivity contribution in [1.82, 2.24) is 9.13 Å². The van der Waals surface area contributed by atoms with E-state index < -0.39 is 34.7 Å². The van der Waals surface area contributed by atoms with Gasteiger partial charge in [0, 0.05) is 5.02 Å². The van der Waals surface area contributed by atoms with Gasteiger partial charge in [0.2, 0.25) is 5.88 Å². The van der Waals surface area contributed by atoms with Crippen LogP contribution in [0.5, 0.6) is 5.88 Å². The maximum Gasteiger partial charge on any atom is 0.416 e. The first-order valence-electron chi connectivity index (χ1n) is 9.40. The molecular weight excluding hydrogens is 464 g/mol. The van der Waals surface area contributed by atoms with Gasteiger partial charge in [-0.1, -0.05) is 36.9 Å². The van der Waals surface area contributed by atoms with Crippen molar-refractivity contribution in [3.8, 4) is 5.88 Å². The summed E-state index contributed by atoms with van der Waals surface area (Å²) in [4.78, 5) is 25.2. The monoisotopic (exact) mass is 480 g/mol. The number of hydrogen-bond donors (Lipinski definition) is 1. The Morgan fingerprint density at radius 2 is 1.48 bits per heavy atom. The van der Waals surface area contributed by atoms with Crippen LogP contribution in [0.1, 0.15) is 16.7 Å². The van der Waals surface area contributed by atoms with Crippen molar-refractivity contribution in [2.24, 2.45) is 0 Å². The van der Waals surface area contributed by atoms with Gasteiger partial charge in [0.15, 0.2) is 0 Å². The number of hydrogen-bond acceptors (Lipinski definition) is 3. The predicted octanol–water partition coefficient (Wildman–Crippen LogP) is 4.95. The van der Waals surface area contributed by atoms with E-state index in [1.54, 1.807) is 0 Å². The molecule has 0 unspecified atom stereocenters. The summed E-state index contributed by atoms with van der Waals surface area (Å²) in [6.45, 7) is 6.92. The Balaban J connectivity index is 1.90. The van der Waals surface area contributed by atoms with Crippen LogP contribution in [0.25, 0.3) is 11.1 Å². The molecule has 1 N–H and O–H groups in total. The first-order chi connectivity index (χ1) is 15.4.